The molecule has 0 spiro atoms. The van der Waals surface area contributed by atoms with Crippen LogP contribution in [0.25, 0.3) is 0 Å². The summed E-state index contributed by atoms with van der Waals surface area (Å²) in [4.78, 5) is 21.3. The Kier molecular flexibility index (Phi) is 6.79. The normalized spacial score (nSPS) is 10.4. The molecule has 1 aromatic heterocycles. The molecule has 0 bridgehead atoms. The Morgan fingerprint density at radius 3 is 2.28 bits per heavy atom. The van der Waals surface area contributed by atoms with Gasteiger partial charge in [-0.25, -0.2) is 9.97 Å². The van der Waals surface area contributed by atoms with Crippen LogP contribution in [0, 0.1) is 0 Å². The first-order valence-corrected chi connectivity index (χ1v) is 9.89. The van der Waals surface area contributed by atoms with Gasteiger partial charge in [0.25, 0.3) is 5.91 Å². The second-order valence-corrected chi connectivity index (χ2v) is 6.46. The minimum absolute atomic E-state index is 0.292. The van der Waals surface area contributed by atoms with Gasteiger partial charge in [0.05, 0.1) is 6.61 Å². The summed E-state index contributed by atoms with van der Waals surface area (Å²) < 4.78 is 5.42. The number of carbonyl (C=O) groups excluding carboxylic acids is 1. The lowest BCUT2D eigenvalue weighted by Gasteiger charge is -2.14. The van der Waals surface area contributed by atoms with Crippen molar-refractivity contribution < 1.29 is 9.53 Å². The van der Waals surface area contributed by atoms with Crippen LogP contribution in [-0.4, -0.2) is 22.5 Å². The molecule has 0 atom stereocenters. The van der Waals surface area contributed by atoms with Crippen LogP contribution in [0.3, 0.4) is 0 Å². The first-order valence-electron chi connectivity index (χ1n) is 9.89. The average molecular weight is 390 g/mol. The van der Waals surface area contributed by atoms with Crippen LogP contribution in [0.4, 0.5) is 17.3 Å². The Morgan fingerprint density at radius 1 is 0.966 bits per heavy atom. The highest BCUT2D eigenvalue weighted by molar-refractivity contribution is 6.03. The van der Waals surface area contributed by atoms with Gasteiger partial charge >= 0.3 is 0 Å². The number of hydrogen-bond acceptors (Lipinski definition) is 5. The Balaban J connectivity index is 1.76. The van der Waals surface area contributed by atoms with Crippen molar-refractivity contribution in [2.24, 2.45) is 0 Å². The van der Waals surface area contributed by atoms with E-state index in [1.54, 1.807) is 24.4 Å². The van der Waals surface area contributed by atoms with Crippen LogP contribution in [0.1, 0.15) is 42.4 Å². The maximum absolute atomic E-state index is 12.6. The van der Waals surface area contributed by atoms with Crippen LogP contribution >= 0.6 is 0 Å². The molecule has 0 aliphatic heterocycles. The van der Waals surface area contributed by atoms with Gasteiger partial charge in [0.15, 0.2) is 0 Å². The van der Waals surface area contributed by atoms with E-state index in [9.17, 15) is 4.79 Å². The van der Waals surface area contributed by atoms with E-state index < -0.39 is 0 Å². The molecular formula is C23H26N4O2. The van der Waals surface area contributed by atoms with Crippen LogP contribution < -0.4 is 15.4 Å². The third-order valence-electron chi connectivity index (χ3n) is 4.55. The predicted octanol–water partition coefficient (Wildman–Crippen LogP) is 5.00. The summed E-state index contributed by atoms with van der Waals surface area (Å²) >= 11 is 0. The average Bonchev–Trinajstić information content (AvgIpc) is 2.75. The standard InChI is InChI=1S/C23H26N4O2/c1-4-16-8-7-9-17(5-2)21(16)27-23-24-15-14-20(26-23)22(28)25-18-10-12-19(13-11-18)29-6-3/h7-15H,4-6H2,1-3H3,(H,25,28)(H,24,26,27). The molecule has 150 valence electrons. The molecule has 0 aliphatic rings. The minimum Gasteiger partial charge on any atom is -0.494 e. The van der Waals surface area contributed by atoms with E-state index in [-0.39, 0.29) is 5.91 Å². The summed E-state index contributed by atoms with van der Waals surface area (Å²) in [6, 6.07) is 15.1. The summed E-state index contributed by atoms with van der Waals surface area (Å²) in [6.45, 7) is 6.76. The number of aromatic nitrogens is 2. The van der Waals surface area contributed by atoms with E-state index in [2.05, 4.69) is 52.6 Å². The summed E-state index contributed by atoms with van der Waals surface area (Å²) in [5, 5.41) is 6.16. The van der Waals surface area contributed by atoms with Crippen LogP contribution in [0.2, 0.25) is 0 Å². The molecule has 0 aliphatic carbocycles. The SMILES string of the molecule is CCOc1ccc(NC(=O)c2ccnc(Nc3c(CC)cccc3CC)n2)cc1. The Hall–Kier alpha value is -3.41. The molecule has 29 heavy (non-hydrogen) atoms. The molecular weight excluding hydrogens is 364 g/mol. The lowest BCUT2D eigenvalue weighted by Crippen LogP contribution is -2.15. The highest BCUT2D eigenvalue weighted by Crippen LogP contribution is 2.25. The van der Waals surface area contributed by atoms with Gasteiger partial charge in [-0.15, -0.1) is 0 Å². The Bertz CT molecular complexity index is 949. The number of aryl methyl sites for hydroxylation is 2. The van der Waals surface area contributed by atoms with Gasteiger partial charge in [0, 0.05) is 17.6 Å². The fraction of sp³-hybridized carbons (Fsp3) is 0.261. The van der Waals surface area contributed by atoms with Gasteiger partial charge in [0.1, 0.15) is 11.4 Å². The highest BCUT2D eigenvalue weighted by Gasteiger charge is 2.12. The monoisotopic (exact) mass is 390 g/mol. The van der Waals surface area contributed by atoms with E-state index in [1.807, 2.05) is 19.1 Å². The molecule has 1 amide bonds. The quantitative estimate of drug-likeness (QED) is 0.566. The van der Waals surface area contributed by atoms with Crippen molar-refractivity contribution in [1.29, 1.82) is 0 Å². The zero-order valence-electron chi connectivity index (χ0n) is 17.0. The third kappa shape index (κ3) is 5.10. The van der Waals surface area contributed by atoms with E-state index in [4.69, 9.17) is 4.74 Å². The lowest BCUT2D eigenvalue weighted by molar-refractivity contribution is 0.102. The first kappa shape index (κ1) is 20.3. The van der Waals surface area contributed by atoms with Crippen molar-refractivity contribution in [2.45, 2.75) is 33.6 Å². The third-order valence-corrected chi connectivity index (χ3v) is 4.55. The van der Waals surface area contributed by atoms with Crippen molar-refractivity contribution in [2.75, 3.05) is 17.2 Å². The number of ether oxygens (including phenoxy) is 1. The van der Waals surface area contributed by atoms with Crippen LogP contribution in [-0.2, 0) is 12.8 Å². The van der Waals surface area contributed by atoms with E-state index in [1.165, 1.54) is 11.1 Å². The van der Waals surface area contributed by atoms with Gasteiger partial charge in [-0.3, -0.25) is 4.79 Å². The molecule has 0 saturated heterocycles. The number of para-hydroxylation sites is 1. The van der Waals surface area contributed by atoms with Gasteiger partial charge in [-0.05, 0) is 61.2 Å². The van der Waals surface area contributed by atoms with Gasteiger partial charge in [-0.1, -0.05) is 32.0 Å². The topological polar surface area (TPSA) is 76.1 Å². The van der Waals surface area contributed by atoms with Gasteiger partial charge < -0.3 is 15.4 Å². The van der Waals surface area contributed by atoms with Crippen molar-refractivity contribution in [1.82, 2.24) is 9.97 Å². The summed E-state index contributed by atoms with van der Waals surface area (Å²) in [7, 11) is 0. The highest BCUT2D eigenvalue weighted by atomic mass is 16.5. The summed E-state index contributed by atoms with van der Waals surface area (Å²) in [6.07, 6.45) is 3.38. The zero-order valence-corrected chi connectivity index (χ0v) is 17.0. The molecule has 6 heteroatoms. The molecule has 1 heterocycles. The van der Waals surface area contributed by atoms with E-state index >= 15 is 0 Å². The summed E-state index contributed by atoms with van der Waals surface area (Å²) in [5.41, 5.74) is 4.37. The Labute approximate surface area is 171 Å². The van der Waals surface area contributed by atoms with Crippen molar-refractivity contribution in [3.63, 3.8) is 0 Å². The molecule has 6 nitrogen and oxygen atoms in total. The number of nitrogens with one attached hydrogen (secondary N) is 2. The molecule has 3 rings (SSSR count). The van der Waals surface area contributed by atoms with E-state index in [0.717, 1.165) is 24.3 Å². The number of benzene rings is 2. The molecule has 0 fully saturated rings. The zero-order chi connectivity index (χ0) is 20.6. The molecule has 0 saturated carbocycles. The number of nitrogens with zero attached hydrogens (tertiary/aromatic N) is 2. The van der Waals surface area contributed by atoms with Crippen molar-refractivity contribution in [3.8, 4) is 5.75 Å². The molecule has 3 aromatic rings. The second-order valence-electron chi connectivity index (χ2n) is 6.46. The maximum Gasteiger partial charge on any atom is 0.274 e. The maximum atomic E-state index is 12.6. The smallest absolute Gasteiger partial charge is 0.274 e. The number of amides is 1. The number of rotatable bonds is 8. The van der Waals surface area contributed by atoms with Crippen LogP contribution in [0.5, 0.6) is 5.75 Å². The van der Waals surface area contributed by atoms with Gasteiger partial charge in [-0.2, -0.15) is 0 Å². The fourth-order valence-electron chi connectivity index (χ4n) is 3.06. The van der Waals surface area contributed by atoms with Crippen molar-refractivity contribution >= 4 is 23.2 Å². The fourth-order valence-corrected chi connectivity index (χ4v) is 3.06. The minimum atomic E-state index is -0.292. The second kappa shape index (κ2) is 9.68. The van der Waals surface area contributed by atoms with Crippen molar-refractivity contribution in [3.05, 3.63) is 71.5 Å². The molecule has 0 unspecified atom stereocenters. The largest absolute Gasteiger partial charge is 0.494 e. The lowest BCUT2D eigenvalue weighted by atomic mass is 10.0. The van der Waals surface area contributed by atoms with E-state index in [0.29, 0.717) is 23.9 Å². The first-order chi connectivity index (χ1) is 14.1. The predicted molar refractivity (Wildman–Crippen MR) is 116 cm³/mol. The van der Waals surface area contributed by atoms with Gasteiger partial charge in [0.2, 0.25) is 5.95 Å². The number of anilines is 3. The molecule has 2 aromatic carbocycles. The number of carbonyl (C=O) groups is 1. The molecule has 2 N–H and O–H groups in total. The molecule has 0 radical (unpaired) electrons. The van der Waals surface area contributed by atoms with Crippen LogP contribution in [0.15, 0.2) is 54.7 Å². The summed E-state index contributed by atoms with van der Waals surface area (Å²) in [5.74, 6) is 0.874. The number of hydrogen-bond donors (Lipinski definition) is 2. The Morgan fingerprint density at radius 2 is 1.66 bits per heavy atom.